The maximum absolute atomic E-state index is 10.2. The summed E-state index contributed by atoms with van der Waals surface area (Å²) in [7, 11) is 0. The predicted octanol–water partition coefficient (Wildman–Crippen LogP) is -1.53. The lowest BCUT2D eigenvalue weighted by Gasteiger charge is -1.91. The van der Waals surface area contributed by atoms with E-state index >= 15 is 0 Å². The van der Waals surface area contributed by atoms with Crippen molar-refractivity contribution < 1.29 is 4.79 Å². The largest absolute Gasteiger partial charge is 0.364 e. The molecule has 0 atom stereocenters. The van der Waals surface area contributed by atoms with Crippen molar-refractivity contribution >= 4 is 11.7 Å². The molecule has 0 radical (unpaired) electrons. The fraction of sp³-hybridized carbons (Fsp3) is 0.500. The van der Waals surface area contributed by atoms with Gasteiger partial charge in [-0.05, 0) is 0 Å². The molecule has 1 heterocycles. The first-order valence-corrected chi connectivity index (χ1v) is 2.39. The molecule has 0 saturated carbocycles. The Morgan fingerprint density at radius 1 is 1.88 bits per heavy atom. The third kappa shape index (κ3) is 0.776. The van der Waals surface area contributed by atoms with Gasteiger partial charge in [-0.3, -0.25) is 9.79 Å². The number of amides is 1. The summed E-state index contributed by atoms with van der Waals surface area (Å²) in [5, 5.41) is 2.73. The van der Waals surface area contributed by atoms with E-state index in [1.54, 1.807) is 0 Å². The molecule has 0 aromatic heterocycles. The van der Waals surface area contributed by atoms with Gasteiger partial charge in [0, 0.05) is 6.54 Å². The highest BCUT2D eigenvalue weighted by atomic mass is 16.1. The molecular formula is C4H7N3O. The van der Waals surface area contributed by atoms with Crippen LogP contribution in [0, 0.1) is 0 Å². The Labute approximate surface area is 46.8 Å². The average Bonchev–Trinajstić information content (AvgIpc) is 2.12. The Bertz CT molecular complexity index is 140. The molecule has 1 aliphatic heterocycles. The highest BCUT2D eigenvalue weighted by Crippen LogP contribution is 1.81. The smallest absolute Gasteiger partial charge is 0.283 e. The van der Waals surface area contributed by atoms with Crippen molar-refractivity contribution in [1.29, 1.82) is 0 Å². The van der Waals surface area contributed by atoms with E-state index < -0.39 is 5.91 Å². The topological polar surface area (TPSA) is 67.5 Å². The zero-order valence-electron chi connectivity index (χ0n) is 4.35. The minimum Gasteiger partial charge on any atom is -0.364 e. The van der Waals surface area contributed by atoms with Crippen molar-refractivity contribution in [2.75, 3.05) is 13.1 Å². The van der Waals surface area contributed by atoms with Crippen LogP contribution in [-0.2, 0) is 4.79 Å². The predicted molar refractivity (Wildman–Crippen MR) is 29.5 cm³/mol. The Hall–Kier alpha value is -1.06. The number of carbonyl (C=O) groups excluding carboxylic acids is 1. The molecular weight excluding hydrogens is 106 g/mol. The first kappa shape index (κ1) is 5.08. The van der Waals surface area contributed by atoms with Gasteiger partial charge in [-0.1, -0.05) is 0 Å². The zero-order chi connectivity index (χ0) is 5.98. The lowest BCUT2D eigenvalue weighted by Crippen LogP contribution is -2.32. The number of nitrogens with one attached hydrogen (secondary N) is 1. The fourth-order valence-corrected chi connectivity index (χ4v) is 0.563. The quantitative estimate of drug-likeness (QED) is 0.433. The zero-order valence-corrected chi connectivity index (χ0v) is 4.35. The van der Waals surface area contributed by atoms with E-state index in [4.69, 9.17) is 5.73 Å². The van der Waals surface area contributed by atoms with Crippen molar-refractivity contribution in [2.45, 2.75) is 0 Å². The number of amidine groups is 1. The summed E-state index contributed by atoms with van der Waals surface area (Å²) in [5.74, 6) is -0.160. The highest BCUT2D eigenvalue weighted by Gasteiger charge is 2.08. The molecule has 1 rings (SSSR count). The van der Waals surface area contributed by atoms with Gasteiger partial charge in [-0.2, -0.15) is 0 Å². The molecule has 1 aliphatic rings. The molecule has 0 saturated heterocycles. The Balaban J connectivity index is 2.57. The second-order valence-electron chi connectivity index (χ2n) is 1.52. The minimum absolute atomic E-state index is 0.310. The van der Waals surface area contributed by atoms with Crippen LogP contribution in [0.25, 0.3) is 0 Å². The van der Waals surface area contributed by atoms with Crippen LogP contribution in [0.15, 0.2) is 4.99 Å². The van der Waals surface area contributed by atoms with E-state index in [0.717, 1.165) is 6.54 Å². The van der Waals surface area contributed by atoms with Crippen LogP contribution in [0.1, 0.15) is 0 Å². The van der Waals surface area contributed by atoms with Crippen molar-refractivity contribution in [3.8, 4) is 0 Å². The Kier molecular flexibility index (Phi) is 1.15. The number of aliphatic imine (C=N–C) groups is 1. The Morgan fingerprint density at radius 2 is 2.62 bits per heavy atom. The second-order valence-corrected chi connectivity index (χ2v) is 1.52. The summed E-state index contributed by atoms with van der Waals surface area (Å²) >= 11 is 0. The highest BCUT2D eigenvalue weighted by molar-refractivity contribution is 6.37. The summed E-state index contributed by atoms with van der Waals surface area (Å²) in [5.41, 5.74) is 4.87. The van der Waals surface area contributed by atoms with E-state index in [9.17, 15) is 4.79 Å². The average molecular weight is 113 g/mol. The van der Waals surface area contributed by atoms with Gasteiger partial charge in [0.1, 0.15) is 0 Å². The van der Waals surface area contributed by atoms with Gasteiger partial charge in [-0.25, -0.2) is 0 Å². The molecule has 0 aliphatic carbocycles. The molecule has 0 aromatic rings. The van der Waals surface area contributed by atoms with E-state index in [-0.39, 0.29) is 0 Å². The maximum Gasteiger partial charge on any atom is 0.283 e. The normalized spacial score (nSPS) is 17.2. The number of hydrogen-bond acceptors (Lipinski definition) is 3. The molecule has 1 amide bonds. The number of nitrogens with two attached hydrogens (primary N) is 1. The van der Waals surface area contributed by atoms with E-state index in [1.807, 2.05) is 0 Å². The first-order chi connectivity index (χ1) is 3.80. The molecule has 8 heavy (non-hydrogen) atoms. The third-order valence-corrected chi connectivity index (χ3v) is 0.908. The van der Waals surface area contributed by atoms with Crippen LogP contribution in [0.4, 0.5) is 0 Å². The Morgan fingerprint density at radius 3 is 2.88 bits per heavy atom. The summed E-state index contributed by atoms with van der Waals surface area (Å²) < 4.78 is 0. The summed E-state index contributed by atoms with van der Waals surface area (Å²) in [6.07, 6.45) is 0. The van der Waals surface area contributed by atoms with Crippen LogP contribution in [0.3, 0.4) is 0 Å². The fourth-order valence-electron chi connectivity index (χ4n) is 0.563. The van der Waals surface area contributed by atoms with Gasteiger partial charge < -0.3 is 11.1 Å². The molecule has 0 spiro atoms. The van der Waals surface area contributed by atoms with E-state index in [0.29, 0.717) is 12.4 Å². The monoisotopic (exact) mass is 113 g/mol. The molecule has 0 aromatic carbocycles. The van der Waals surface area contributed by atoms with Gasteiger partial charge in [0.2, 0.25) is 0 Å². The molecule has 0 unspecified atom stereocenters. The first-order valence-electron chi connectivity index (χ1n) is 2.39. The number of rotatable bonds is 1. The van der Waals surface area contributed by atoms with Gasteiger partial charge in [-0.15, -0.1) is 0 Å². The van der Waals surface area contributed by atoms with Crippen LogP contribution in [0.2, 0.25) is 0 Å². The van der Waals surface area contributed by atoms with Crippen molar-refractivity contribution in [2.24, 2.45) is 10.7 Å². The van der Waals surface area contributed by atoms with Gasteiger partial charge in [0.15, 0.2) is 5.84 Å². The van der Waals surface area contributed by atoms with Crippen LogP contribution >= 0.6 is 0 Å². The molecule has 0 fully saturated rings. The van der Waals surface area contributed by atoms with Crippen molar-refractivity contribution in [1.82, 2.24) is 5.32 Å². The lowest BCUT2D eigenvalue weighted by molar-refractivity contribution is -0.112. The second kappa shape index (κ2) is 1.81. The molecule has 44 valence electrons. The summed E-state index contributed by atoms with van der Waals surface area (Å²) in [6.45, 7) is 1.40. The minimum atomic E-state index is -0.470. The van der Waals surface area contributed by atoms with Crippen LogP contribution in [-0.4, -0.2) is 24.8 Å². The van der Waals surface area contributed by atoms with Crippen molar-refractivity contribution in [3.05, 3.63) is 0 Å². The number of nitrogens with zero attached hydrogens (tertiary/aromatic N) is 1. The molecule has 4 nitrogen and oxygen atoms in total. The number of hydrogen-bond donors (Lipinski definition) is 2. The molecule has 0 bridgehead atoms. The molecule has 4 heteroatoms. The SMILES string of the molecule is NC(=O)C1=NCCN1. The third-order valence-electron chi connectivity index (χ3n) is 0.908. The lowest BCUT2D eigenvalue weighted by atomic mass is 10.6. The van der Waals surface area contributed by atoms with Crippen LogP contribution in [0.5, 0.6) is 0 Å². The summed E-state index contributed by atoms with van der Waals surface area (Å²) in [6, 6.07) is 0. The van der Waals surface area contributed by atoms with Gasteiger partial charge in [0.25, 0.3) is 5.91 Å². The van der Waals surface area contributed by atoms with Gasteiger partial charge >= 0.3 is 0 Å². The molecule has 3 N–H and O–H groups in total. The van der Waals surface area contributed by atoms with Crippen LogP contribution < -0.4 is 11.1 Å². The van der Waals surface area contributed by atoms with Gasteiger partial charge in [0.05, 0.1) is 6.54 Å². The number of carbonyl (C=O) groups is 1. The number of primary amides is 1. The standard InChI is InChI=1S/C4H7N3O/c5-3(8)4-6-1-2-7-4/h1-2H2,(H2,5,8)(H,6,7). The van der Waals surface area contributed by atoms with E-state index in [2.05, 4.69) is 10.3 Å². The summed E-state index contributed by atoms with van der Waals surface area (Å²) in [4.78, 5) is 14.0. The van der Waals surface area contributed by atoms with Crippen molar-refractivity contribution in [3.63, 3.8) is 0 Å². The van der Waals surface area contributed by atoms with E-state index in [1.165, 1.54) is 0 Å². The maximum atomic E-state index is 10.2.